The van der Waals surface area contributed by atoms with Gasteiger partial charge in [-0.05, 0) is 12.8 Å². The molecule has 1 aliphatic carbocycles. The second-order valence-electron chi connectivity index (χ2n) is 6.46. The molecule has 0 aliphatic heterocycles. The Balaban J connectivity index is 0.000000286. The van der Waals surface area contributed by atoms with Crippen LogP contribution >= 0.6 is 0 Å². The van der Waals surface area contributed by atoms with Crippen LogP contribution in [-0.4, -0.2) is 0 Å². The minimum atomic E-state index is 1.04. The molecule has 0 atom stereocenters. The lowest BCUT2D eigenvalue weighted by Gasteiger charge is -2.15. The van der Waals surface area contributed by atoms with Crippen molar-refractivity contribution in [2.24, 2.45) is 5.92 Å². The summed E-state index contributed by atoms with van der Waals surface area (Å²) in [6.45, 7) is 8.94. The van der Waals surface area contributed by atoms with Crippen LogP contribution < -0.4 is 0 Å². The maximum absolute atomic E-state index is 2.36. The maximum atomic E-state index is 2.36. The van der Waals surface area contributed by atoms with E-state index in [0.29, 0.717) is 0 Å². The molecule has 1 aromatic rings. The van der Waals surface area contributed by atoms with Gasteiger partial charge in [0.15, 0.2) is 0 Å². The van der Waals surface area contributed by atoms with Crippen molar-refractivity contribution in [1.82, 2.24) is 0 Å². The fourth-order valence-electron chi connectivity index (χ4n) is 2.52. The molecule has 1 aliphatic rings. The highest BCUT2D eigenvalue weighted by Gasteiger charge is 2.05. The van der Waals surface area contributed by atoms with Gasteiger partial charge in [-0.2, -0.15) is 0 Å². The summed E-state index contributed by atoms with van der Waals surface area (Å²) in [5.41, 5.74) is 1.32. The lowest BCUT2D eigenvalue weighted by Crippen LogP contribution is -1.99. The molecular weight excluding hydrogens is 252 g/mol. The van der Waals surface area contributed by atoms with Crippen molar-refractivity contribution in [1.29, 1.82) is 0 Å². The summed E-state index contributed by atoms with van der Waals surface area (Å²) in [5, 5.41) is 0. The Kier molecular flexibility index (Phi) is 15.0. The van der Waals surface area contributed by atoms with Gasteiger partial charge in [0.25, 0.3) is 0 Å². The van der Waals surface area contributed by atoms with Crippen LogP contribution in [0.15, 0.2) is 30.3 Å². The Morgan fingerprint density at radius 2 is 1.33 bits per heavy atom. The summed E-state index contributed by atoms with van der Waals surface area (Å²) in [5.74, 6) is 1.04. The van der Waals surface area contributed by atoms with Gasteiger partial charge in [0.2, 0.25) is 0 Å². The van der Waals surface area contributed by atoms with E-state index in [9.17, 15) is 0 Å². The lowest BCUT2D eigenvalue weighted by molar-refractivity contribution is 0.385. The number of aryl methyl sites for hydroxylation is 1. The summed E-state index contributed by atoms with van der Waals surface area (Å²) >= 11 is 0. The van der Waals surface area contributed by atoms with Crippen LogP contribution in [0, 0.1) is 12.8 Å². The molecule has 0 radical (unpaired) electrons. The average Bonchev–Trinajstić information content (AvgIpc) is 2.51. The Morgan fingerprint density at radius 3 is 1.62 bits per heavy atom. The molecule has 0 spiro atoms. The van der Waals surface area contributed by atoms with Gasteiger partial charge < -0.3 is 0 Å². The fraction of sp³-hybridized carbons (Fsp3) is 0.714. The predicted molar refractivity (Wildman–Crippen MR) is 97.9 cm³/mol. The molecule has 0 aromatic heterocycles. The van der Waals surface area contributed by atoms with Gasteiger partial charge in [0.05, 0.1) is 0 Å². The van der Waals surface area contributed by atoms with Crippen LogP contribution in [0.3, 0.4) is 0 Å². The normalized spacial score (nSPS) is 14.5. The van der Waals surface area contributed by atoms with E-state index in [2.05, 4.69) is 39.8 Å². The molecule has 0 amide bonds. The molecule has 0 heterocycles. The highest BCUT2D eigenvalue weighted by atomic mass is 14.1. The van der Waals surface area contributed by atoms with Crippen molar-refractivity contribution in [3.05, 3.63) is 35.9 Å². The smallest absolute Gasteiger partial charge is 0.0398 e. The van der Waals surface area contributed by atoms with Crippen molar-refractivity contribution in [3.8, 4) is 0 Å². The van der Waals surface area contributed by atoms with Crippen molar-refractivity contribution in [3.63, 3.8) is 0 Å². The SMILES string of the molecule is CC1CCCCC1.CCCCCCC.Cc1ccccc1. The van der Waals surface area contributed by atoms with E-state index in [1.807, 2.05) is 18.2 Å². The van der Waals surface area contributed by atoms with Gasteiger partial charge >= 0.3 is 0 Å². The Bertz CT molecular complexity index is 278. The zero-order chi connectivity index (χ0) is 15.8. The topological polar surface area (TPSA) is 0 Å². The van der Waals surface area contributed by atoms with E-state index in [1.54, 1.807) is 0 Å². The molecule has 122 valence electrons. The van der Waals surface area contributed by atoms with Gasteiger partial charge in [0, 0.05) is 0 Å². The Hall–Kier alpha value is -0.780. The third-order valence-corrected chi connectivity index (χ3v) is 4.04. The van der Waals surface area contributed by atoms with Gasteiger partial charge in [-0.15, -0.1) is 0 Å². The zero-order valence-electron chi connectivity index (χ0n) is 15.0. The predicted octanol–water partition coefficient (Wildman–Crippen LogP) is 7.56. The van der Waals surface area contributed by atoms with E-state index in [0.717, 1.165) is 5.92 Å². The first kappa shape index (κ1) is 20.2. The highest BCUT2D eigenvalue weighted by molar-refractivity contribution is 5.11. The summed E-state index contributed by atoms with van der Waals surface area (Å²) < 4.78 is 0. The molecule has 21 heavy (non-hydrogen) atoms. The van der Waals surface area contributed by atoms with Crippen molar-refractivity contribution in [2.45, 2.75) is 91.9 Å². The second kappa shape index (κ2) is 15.6. The van der Waals surface area contributed by atoms with Gasteiger partial charge in [-0.1, -0.05) is 121 Å². The minimum absolute atomic E-state index is 1.04. The van der Waals surface area contributed by atoms with Crippen LogP contribution in [0.25, 0.3) is 0 Å². The summed E-state index contributed by atoms with van der Waals surface area (Å²) in [7, 11) is 0. The molecule has 2 rings (SSSR count). The largest absolute Gasteiger partial charge is 0.0654 e. The van der Waals surface area contributed by atoms with E-state index in [4.69, 9.17) is 0 Å². The molecule has 0 nitrogen and oxygen atoms in total. The highest BCUT2D eigenvalue weighted by Crippen LogP contribution is 2.22. The maximum Gasteiger partial charge on any atom is -0.0398 e. The van der Waals surface area contributed by atoms with Crippen LogP contribution in [-0.2, 0) is 0 Å². The standard InChI is InChI=1S/C7H14.C7H8.C7H16/c2*1-7-5-3-2-4-6-7;1-3-5-7-6-4-2/h7H,2-6H2,1H3;2-6H,1H3;3-7H2,1-2H3. The van der Waals surface area contributed by atoms with Crippen molar-refractivity contribution < 1.29 is 0 Å². The molecule has 0 unspecified atom stereocenters. The van der Waals surface area contributed by atoms with Crippen molar-refractivity contribution in [2.75, 3.05) is 0 Å². The Labute approximate surface area is 134 Å². The molecule has 1 aromatic carbocycles. The van der Waals surface area contributed by atoms with E-state index >= 15 is 0 Å². The van der Waals surface area contributed by atoms with E-state index in [-0.39, 0.29) is 0 Å². The Morgan fingerprint density at radius 1 is 0.810 bits per heavy atom. The second-order valence-corrected chi connectivity index (χ2v) is 6.46. The average molecular weight is 291 g/mol. The van der Waals surface area contributed by atoms with E-state index < -0.39 is 0 Å². The first-order chi connectivity index (χ1) is 10.2. The third-order valence-electron chi connectivity index (χ3n) is 4.04. The lowest BCUT2D eigenvalue weighted by atomic mass is 9.91. The molecule has 0 saturated heterocycles. The fourth-order valence-corrected chi connectivity index (χ4v) is 2.52. The summed E-state index contributed by atoms with van der Waals surface area (Å²) in [4.78, 5) is 0. The molecule has 1 saturated carbocycles. The molecule has 0 N–H and O–H groups in total. The summed E-state index contributed by atoms with van der Waals surface area (Å²) in [6.07, 6.45) is 14.4. The number of hydrogen-bond donors (Lipinski definition) is 0. The minimum Gasteiger partial charge on any atom is -0.0654 e. The first-order valence-corrected chi connectivity index (χ1v) is 9.22. The van der Waals surface area contributed by atoms with Gasteiger partial charge in [-0.25, -0.2) is 0 Å². The number of benzene rings is 1. The number of hydrogen-bond acceptors (Lipinski definition) is 0. The number of unbranched alkanes of at least 4 members (excludes halogenated alkanes) is 4. The van der Waals surface area contributed by atoms with E-state index in [1.165, 1.54) is 69.8 Å². The molecule has 0 bridgehead atoms. The van der Waals surface area contributed by atoms with Crippen LogP contribution in [0.1, 0.15) is 90.5 Å². The van der Waals surface area contributed by atoms with Crippen LogP contribution in [0.5, 0.6) is 0 Å². The number of rotatable bonds is 4. The monoisotopic (exact) mass is 290 g/mol. The quantitative estimate of drug-likeness (QED) is 0.502. The first-order valence-electron chi connectivity index (χ1n) is 9.22. The van der Waals surface area contributed by atoms with Gasteiger partial charge in [0.1, 0.15) is 0 Å². The van der Waals surface area contributed by atoms with Crippen LogP contribution in [0.4, 0.5) is 0 Å². The van der Waals surface area contributed by atoms with Gasteiger partial charge in [-0.3, -0.25) is 0 Å². The third kappa shape index (κ3) is 15.4. The zero-order valence-corrected chi connectivity index (χ0v) is 15.0. The molecule has 1 fully saturated rings. The summed E-state index contributed by atoms with van der Waals surface area (Å²) in [6, 6.07) is 10.3. The molecular formula is C21H38. The van der Waals surface area contributed by atoms with Crippen molar-refractivity contribution >= 4 is 0 Å². The molecule has 0 heteroatoms. The van der Waals surface area contributed by atoms with Crippen LogP contribution in [0.2, 0.25) is 0 Å².